The number of alkyl carbamates (subject to hydrolysis) is 1. The molecule has 2 aliphatic heterocycles. The van der Waals surface area contributed by atoms with E-state index in [-0.39, 0.29) is 41.7 Å². The molecule has 0 spiro atoms. The van der Waals surface area contributed by atoms with Gasteiger partial charge in [0.05, 0.1) is 17.5 Å². The number of ether oxygens (including phenoxy) is 1. The van der Waals surface area contributed by atoms with Crippen LogP contribution in [-0.2, 0) is 19.4 Å². The lowest BCUT2D eigenvalue weighted by Gasteiger charge is -2.25. The number of fused-ring (bicyclic) bond motifs is 1. The number of hydrogen-bond acceptors (Lipinski definition) is 6. The van der Waals surface area contributed by atoms with Crippen molar-refractivity contribution in [3.8, 4) is 0 Å². The first-order valence-electron chi connectivity index (χ1n) is 10.2. The summed E-state index contributed by atoms with van der Waals surface area (Å²) in [5.74, 6) is -0.252. The Labute approximate surface area is 187 Å². The molecule has 2 fully saturated rings. The van der Waals surface area contributed by atoms with Gasteiger partial charge < -0.3 is 15.0 Å². The van der Waals surface area contributed by atoms with Crippen LogP contribution in [0, 0.1) is 13.8 Å². The smallest absolute Gasteiger partial charge is 0.407 e. The van der Waals surface area contributed by atoms with Gasteiger partial charge in [-0.05, 0) is 57.9 Å². The molecule has 2 amide bonds. The largest absolute Gasteiger partial charge is 0.444 e. The minimum atomic E-state index is -3.12. The third kappa shape index (κ3) is 6.22. The molecule has 1 aromatic rings. The van der Waals surface area contributed by atoms with Crippen molar-refractivity contribution in [3.05, 3.63) is 29.3 Å². The second-order valence-corrected chi connectivity index (χ2v) is 12.3. The Hall–Kier alpha value is -2.07. The van der Waals surface area contributed by atoms with E-state index in [2.05, 4.69) is 10.3 Å². The zero-order valence-corrected chi connectivity index (χ0v) is 20.1. The van der Waals surface area contributed by atoms with Crippen molar-refractivity contribution in [2.24, 2.45) is 4.99 Å². The molecule has 0 aromatic heterocycles. The standard InChI is InChI=1S/C21H29N3O5S2/c1-13-8-14(2)10-15(9-13)24-16-11-31(27,28)12-17(16)30-19(24)23-18(25)6-7-22-20(26)29-21(3,4)5/h8-10,16-17H,6-7,11-12H2,1-5H3,(H,22,26)/t16-,17-/m1/s1. The number of benzene rings is 1. The highest BCUT2D eigenvalue weighted by molar-refractivity contribution is 8.16. The summed E-state index contributed by atoms with van der Waals surface area (Å²) in [5, 5.41) is 2.91. The highest BCUT2D eigenvalue weighted by Gasteiger charge is 2.49. The SMILES string of the molecule is Cc1cc(C)cc(N2C(=NC(=O)CCNC(=O)OC(C)(C)C)S[C@@H]3CS(=O)(=O)C[C@H]32)c1. The maximum atomic E-state index is 12.5. The predicted molar refractivity (Wildman–Crippen MR) is 124 cm³/mol. The quantitative estimate of drug-likeness (QED) is 0.726. The number of anilines is 1. The number of nitrogens with one attached hydrogen (secondary N) is 1. The van der Waals surface area contributed by atoms with E-state index in [1.165, 1.54) is 11.8 Å². The van der Waals surface area contributed by atoms with Crippen molar-refractivity contribution in [1.29, 1.82) is 0 Å². The summed E-state index contributed by atoms with van der Waals surface area (Å²) >= 11 is 1.34. The van der Waals surface area contributed by atoms with Gasteiger partial charge in [0, 0.05) is 23.9 Å². The zero-order chi connectivity index (χ0) is 23.0. The topological polar surface area (TPSA) is 105 Å². The van der Waals surface area contributed by atoms with E-state index in [1.54, 1.807) is 20.8 Å². The molecule has 2 heterocycles. The number of amides is 2. The average Bonchev–Trinajstić information content (AvgIpc) is 3.02. The number of amidine groups is 1. The number of carbonyl (C=O) groups excluding carboxylic acids is 2. The van der Waals surface area contributed by atoms with Gasteiger partial charge in [0.25, 0.3) is 0 Å². The molecule has 10 heteroatoms. The number of nitrogens with zero attached hydrogens (tertiary/aromatic N) is 2. The number of sulfone groups is 1. The Balaban J connectivity index is 1.74. The lowest BCUT2D eigenvalue weighted by atomic mass is 10.1. The molecule has 0 bridgehead atoms. The summed E-state index contributed by atoms with van der Waals surface area (Å²) < 4.78 is 29.5. The molecule has 2 atom stereocenters. The van der Waals surface area contributed by atoms with Gasteiger partial charge >= 0.3 is 6.09 Å². The van der Waals surface area contributed by atoms with E-state index in [0.717, 1.165) is 16.8 Å². The second-order valence-electron chi connectivity index (χ2n) is 8.98. The van der Waals surface area contributed by atoms with Crippen molar-refractivity contribution in [3.63, 3.8) is 0 Å². The maximum Gasteiger partial charge on any atom is 0.407 e. The molecule has 2 aliphatic rings. The first-order chi connectivity index (χ1) is 14.3. The lowest BCUT2D eigenvalue weighted by Crippen LogP contribution is -2.38. The second kappa shape index (κ2) is 8.82. The van der Waals surface area contributed by atoms with Crippen molar-refractivity contribution < 1.29 is 22.7 Å². The third-order valence-electron chi connectivity index (χ3n) is 4.78. The Morgan fingerprint density at radius 2 is 1.84 bits per heavy atom. The molecule has 0 radical (unpaired) electrons. The summed E-state index contributed by atoms with van der Waals surface area (Å²) in [6, 6.07) is 5.75. The lowest BCUT2D eigenvalue weighted by molar-refractivity contribution is -0.117. The normalized spacial score (nSPS) is 23.6. The Bertz CT molecular complexity index is 994. The van der Waals surface area contributed by atoms with Crippen LogP contribution in [0.2, 0.25) is 0 Å². The van der Waals surface area contributed by atoms with Crippen LogP contribution in [0.25, 0.3) is 0 Å². The number of aliphatic imine (C=N–C) groups is 1. The van der Waals surface area contributed by atoms with Gasteiger partial charge in [-0.25, -0.2) is 13.2 Å². The number of aryl methyl sites for hydroxylation is 2. The van der Waals surface area contributed by atoms with Crippen molar-refractivity contribution in [2.75, 3.05) is 23.0 Å². The predicted octanol–water partition coefficient (Wildman–Crippen LogP) is 2.82. The van der Waals surface area contributed by atoms with Gasteiger partial charge in [-0.1, -0.05) is 17.8 Å². The van der Waals surface area contributed by atoms with E-state index in [9.17, 15) is 18.0 Å². The van der Waals surface area contributed by atoms with Crippen LogP contribution in [0.3, 0.4) is 0 Å². The number of carbonyl (C=O) groups is 2. The molecule has 8 nitrogen and oxygen atoms in total. The van der Waals surface area contributed by atoms with Gasteiger partial charge in [0.1, 0.15) is 5.60 Å². The molecule has 0 saturated carbocycles. The summed E-state index contributed by atoms with van der Waals surface area (Å²) in [5.41, 5.74) is 2.33. The van der Waals surface area contributed by atoms with Crippen molar-refractivity contribution >= 4 is 44.5 Å². The molecule has 0 unspecified atom stereocenters. The minimum absolute atomic E-state index is 0.0254. The van der Waals surface area contributed by atoms with Crippen LogP contribution in [-0.4, -0.2) is 60.5 Å². The minimum Gasteiger partial charge on any atom is -0.444 e. The van der Waals surface area contributed by atoms with Gasteiger partial charge in [-0.15, -0.1) is 0 Å². The molecular formula is C21H29N3O5S2. The fourth-order valence-electron chi connectivity index (χ4n) is 3.70. The molecule has 1 N–H and O–H groups in total. The molecule has 0 aliphatic carbocycles. The maximum absolute atomic E-state index is 12.5. The van der Waals surface area contributed by atoms with Crippen LogP contribution in [0.15, 0.2) is 23.2 Å². The number of rotatable bonds is 4. The van der Waals surface area contributed by atoms with Crippen LogP contribution in [0.4, 0.5) is 10.5 Å². The molecule has 31 heavy (non-hydrogen) atoms. The molecular weight excluding hydrogens is 438 g/mol. The van der Waals surface area contributed by atoms with Crippen LogP contribution >= 0.6 is 11.8 Å². The molecule has 1 aromatic carbocycles. The molecule has 2 saturated heterocycles. The summed E-state index contributed by atoms with van der Waals surface area (Å²) in [4.78, 5) is 30.4. The highest BCUT2D eigenvalue weighted by Crippen LogP contribution is 2.41. The zero-order valence-electron chi connectivity index (χ0n) is 18.5. The molecule has 3 rings (SSSR count). The van der Waals surface area contributed by atoms with E-state index >= 15 is 0 Å². The van der Waals surface area contributed by atoms with Gasteiger partial charge in [-0.2, -0.15) is 4.99 Å². The van der Waals surface area contributed by atoms with E-state index in [0.29, 0.717) is 5.17 Å². The molecule has 170 valence electrons. The van der Waals surface area contributed by atoms with E-state index < -0.39 is 21.5 Å². The van der Waals surface area contributed by atoms with E-state index in [1.807, 2.05) is 36.9 Å². The summed E-state index contributed by atoms with van der Waals surface area (Å²) in [6.45, 7) is 9.36. The summed E-state index contributed by atoms with van der Waals surface area (Å²) in [6.07, 6.45) is -0.558. The Morgan fingerprint density at radius 3 is 2.45 bits per heavy atom. The Kier molecular flexibility index (Phi) is 6.71. The first-order valence-corrected chi connectivity index (χ1v) is 12.9. The van der Waals surface area contributed by atoms with Gasteiger partial charge in [-0.3, -0.25) is 4.79 Å². The fraction of sp³-hybridized carbons (Fsp3) is 0.571. The number of hydrogen-bond donors (Lipinski definition) is 1. The number of thioether (sulfide) groups is 1. The third-order valence-corrected chi connectivity index (χ3v) is 7.99. The van der Waals surface area contributed by atoms with Crippen molar-refractivity contribution in [2.45, 2.75) is 57.9 Å². The van der Waals surface area contributed by atoms with Gasteiger partial charge in [0.15, 0.2) is 15.0 Å². The monoisotopic (exact) mass is 467 g/mol. The van der Waals surface area contributed by atoms with Crippen LogP contribution in [0.1, 0.15) is 38.3 Å². The van der Waals surface area contributed by atoms with Crippen LogP contribution < -0.4 is 10.2 Å². The first kappa shape index (κ1) is 23.6. The summed E-state index contributed by atoms with van der Waals surface area (Å²) in [7, 11) is -3.12. The average molecular weight is 468 g/mol. The van der Waals surface area contributed by atoms with Gasteiger partial charge in [0.2, 0.25) is 5.91 Å². The van der Waals surface area contributed by atoms with Crippen molar-refractivity contribution in [1.82, 2.24) is 5.32 Å². The highest BCUT2D eigenvalue weighted by atomic mass is 32.2. The Morgan fingerprint density at radius 1 is 1.19 bits per heavy atom. The van der Waals surface area contributed by atoms with Crippen LogP contribution in [0.5, 0.6) is 0 Å². The fourth-order valence-corrected chi connectivity index (χ4v) is 7.64. The van der Waals surface area contributed by atoms with E-state index in [4.69, 9.17) is 4.74 Å².